The molecule has 0 aliphatic carbocycles. The molecule has 3 nitrogen and oxygen atoms in total. The second-order valence-corrected chi connectivity index (χ2v) is 2.40. The molecule has 1 saturated heterocycles. The third-order valence-electron chi connectivity index (χ3n) is 1.63. The zero-order valence-electron chi connectivity index (χ0n) is 5.33. The standard InChI is InChI=1S/C6H10O3/c1-4-2-3-9-5(4)6(7)8/h4-5H,2-3H2,1H3,(H,7,8)/t4-,5+/m0/s1. The van der Waals surface area contributed by atoms with Gasteiger partial charge in [-0.05, 0) is 12.3 Å². The molecule has 0 saturated carbocycles. The molecule has 9 heavy (non-hydrogen) atoms. The second-order valence-electron chi connectivity index (χ2n) is 2.40. The van der Waals surface area contributed by atoms with Crippen molar-refractivity contribution in [3.8, 4) is 0 Å². The summed E-state index contributed by atoms with van der Waals surface area (Å²) < 4.78 is 4.93. The largest absolute Gasteiger partial charge is 0.479 e. The van der Waals surface area contributed by atoms with Crippen molar-refractivity contribution in [1.82, 2.24) is 0 Å². The molecule has 1 N–H and O–H groups in total. The Morgan fingerprint density at radius 3 is 2.67 bits per heavy atom. The average Bonchev–Trinajstić information content (AvgIpc) is 2.13. The SMILES string of the molecule is C[C@H]1CCO[C@H]1C(=O)O. The summed E-state index contributed by atoms with van der Waals surface area (Å²) >= 11 is 0. The first-order valence-electron chi connectivity index (χ1n) is 3.06. The van der Waals surface area contributed by atoms with E-state index in [1.165, 1.54) is 0 Å². The first-order chi connectivity index (χ1) is 4.22. The highest BCUT2D eigenvalue weighted by atomic mass is 16.5. The van der Waals surface area contributed by atoms with E-state index in [1.54, 1.807) is 0 Å². The van der Waals surface area contributed by atoms with Gasteiger partial charge in [-0.25, -0.2) is 4.79 Å². The maximum atomic E-state index is 10.3. The van der Waals surface area contributed by atoms with Crippen LogP contribution in [-0.4, -0.2) is 23.8 Å². The number of rotatable bonds is 1. The summed E-state index contributed by atoms with van der Waals surface area (Å²) in [5.74, 6) is -0.650. The molecule has 0 aromatic rings. The second kappa shape index (κ2) is 2.35. The molecule has 0 radical (unpaired) electrons. The Morgan fingerprint density at radius 2 is 2.44 bits per heavy atom. The summed E-state index contributed by atoms with van der Waals surface area (Å²) in [5, 5.41) is 8.46. The van der Waals surface area contributed by atoms with E-state index in [0.29, 0.717) is 6.61 Å². The average molecular weight is 130 g/mol. The van der Waals surface area contributed by atoms with E-state index < -0.39 is 12.1 Å². The van der Waals surface area contributed by atoms with E-state index in [-0.39, 0.29) is 5.92 Å². The van der Waals surface area contributed by atoms with Gasteiger partial charge in [0.05, 0.1) is 0 Å². The monoisotopic (exact) mass is 130 g/mol. The first-order valence-corrected chi connectivity index (χ1v) is 3.06. The van der Waals surface area contributed by atoms with Crippen molar-refractivity contribution >= 4 is 5.97 Å². The van der Waals surface area contributed by atoms with Gasteiger partial charge in [-0.3, -0.25) is 0 Å². The van der Waals surface area contributed by atoms with Crippen LogP contribution in [0.15, 0.2) is 0 Å². The van der Waals surface area contributed by atoms with Crippen LogP contribution in [-0.2, 0) is 9.53 Å². The highest BCUT2D eigenvalue weighted by Gasteiger charge is 2.30. The van der Waals surface area contributed by atoms with Crippen LogP contribution in [0.5, 0.6) is 0 Å². The highest BCUT2D eigenvalue weighted by Crippen LogP contribution is 2.19. The molecule has 0 spiro atoms. The number of hydrogen-bond donors (Lipinski definition) is 1. The minimum atomic E-state index is -0.833. The Balaban J connectivity index is 2.49. The van der Waals surface area contributed by atoms with Crippen molar-refractivity contribution in [2.45, 2.75) is 19.4 Å². The molecular weight excluding hydrogens is 120 g/mol. The normalized spacial score (nSPS) is 34.8. The van der Waals surface area contributed by atoms with Crippen molar-refractivity contribution in [3.05, 3.63) is 0 Å². The van der Waals surface area contributed by atoms with Gasteiger partial charge in [0, 0.05) is 6.61 Å². The Hall–Kier alpha value is -0.570. The highest BCUT2D eigenvalue weighted by molar-refractivity contribution is 5.72. The molecule has 1 rings (SSSR count). The summed E-state index contributed by atoms with van der Waals surface area (Å²) in [4.78, 5) is 10.3. The molecule has 52 valence electrons. The summed E-state index contributed by atoms with van der Waals surface area (Å²) in [6, 6.07) is 0. The fraction of sp³-hybridized carbons (Fsp3) is 0.833. The smallest absolute Gasteiger partial charge is 0.333 e. The zero-order chi connectivity index (χ0) is 6.85. The fourth-order valence-electron chi connectivity index (χ4n) is 1.01. The molecule has 0 amide bonds. The van der Waals surface area contributed by atoms with Crippen molar-refractivity contribution < 1.29 is 14.6 Å². The van der Waals surface area contributed by atoms with Crippen LogP contribution in [0.25, 0.3) is 0 Å². The predicted octanol–water partition coefficient (Wildman–Crippen LogP) is 0.496. The fourth-order valence-corrected chi connectivity index (χ4v) is 1.01. The van der Waals surface area contributed by atoms with E-state index >= 15 is 0 Å². The molecule has 1 fully saturated rings. The lowest BCUT2D eigenvalue weighted by atomic mass is 10.1. The van der Waals surface area contributed by atoms with Crippen LogP contribution in [0.4, 0.5) is 0 Å². The Bertz CT molecular complexity index is 121. The number of carboxylic acids is 1. The predicted molar refractivity (Wildman–Crippen MR) is 31.2 cm³/mol. The number of ether oxygens (including phenoxy) is 1. The number of carbonyl (C=O) groups is 1. The van der Waals surface area contributed by atoms with E-state index in [4.69, 9.17) is 9.84 Å². The van der Waals surface area contributed by atoms with Crippen LogP contribution < -0.4 is 0 Å². The third kappa shape index (κ3) is 1.21. The zero-order valence-corrected chi connectivity index (χ0v) is 5.33. The maximum Gasteiger partial charge on any atom is 0.333 e. The molecule has 3 heteroatoms. The van der Waals surface area contributed by atoms with Crippen molar-refractivity contribution in [2.24, 2.45) is 5.92 Å². The topological polar surface area (TPSA) is 46.5 Å². The molecule has 0 aromatic heterocycles. The van der Waals surface area contributed by atoms with Crippen LogP contribution in [0, 0.1) is 5.92 Å². The van der Waals surface area contributed by atoms with E-state index in [2.05, 4.69) is 0 Å². The quantitative estimate of drug-likeness (QED) is 0.562. The third-order valence-corrected chi connectivity index (χ3v) is 1.63. The van der Waals surface area contributed by atoms with Gasteiger partial charge in [-0.2, -0.15) is 0 Å². The number of aliphatic carboxylic acids is 1. The molecule has 0 bridgehead atoms. The lowest BCUT2D eigenvalue weighted by Crippen LogP contribution is -2.24. The van der Waals surface area contributed by atoms with Gasteiger partial charge in [-0.1, -0.05) is 6.92 Å². The molecule has 2 atom stereocenters. The van der Waals surface area contributed by atoms with Gasteiger partial charge < -0.3 is 9.84 Å². The van der Waals surface area contributed by atoms with Crippen LogP contribution >= 0.6 is 0 Å². The molecule has 1 heterocycles. The summed E-state index contributed by atoms with van der Waals surface area (Å²) in [6.45, 7) is 2.49. The molecule has 0 unspecified atom stereocenters. The van der Waals surface area contributed by atoms with Crippen LogP contribution in [0.1, 0.15) is 13.3 Å². The lowest BCUT2D eigenvalue weighted by molar-refractivity contribution is -0.148. The van der Waals surface area contributed by atoms with Crippen molar-refractivity contribution in [3.63, 3.8) is 0 Å². The summed E-state index contributed by atoms with van der Waals surface area (Å²) in [6.07, 6.45) is 0.321. The van der Waals surface area contributed by atoms with Gasteiger partial charge in [0.2, 0.25) is 0 Å². The lowest BCUT2D eigenvalue weighted by Gasteiger charge is -2.06. The number of carboxylic acid groups (broad SMARTS) is 1. The Kier molecular flexibility index (Phi) is 1.71. The Morgan fingerprint density at radius 1 is 1.78 bits per heavy atom. The van der Waals surface area contributed by atoms with Crippen LogP contribution in [0.3, 0.4) is 0 Å². The van der Waals surface area contributed by atoms with Gasteiger partial charge >= 0.3 is 5.97 Å². The minimum absolute atomic E-state index is 0.183. The van der Waals surface area contributed by atoms with Crippen molar-refractivity contribution in [1.29, 1.82) is 0 Å². The maximum absolute atomic E-state index is 10.3. The van der Waals surface area contributed by atoms with Gasteiger partial charge in [0.1, 0.15) is 0 Å². The summed E-state index contributed by atoms with van der Waals surface area (Å²) in [7, 11) is 0. The number of hydrogen-bond acceptors (Lipinski definition) is 2. The van der Waals surface area contributed by atoms with E-state index in [1.807, 2.05) is 6.92 Å². The molecule has 1 aliphatic heterocycles. The van der Waals surface area contributed by atoms with Gasteiger partial charge in [0.25, 0.3) is 0 Å². The molecule has 1 aliphatic rings. The van der Waals surface area contributed by atoms with E-state index in [9.17, 15) is 4.79 Å². The first kappa shape index (κ1) is 6.55. The Labute approximate surface area is 53.6 Å². The minimum Gasteiger partial charge on any atom is -0.479 e. The molecular formula is C6H10O3. The van der Waals surface area contributed by atoms with Gasteiger partial charge in [0.15, 0.2) is 6.10 Å². The van der Waals surface area contributed by atoms with Crippen molar-refractivity contribution in [2.75, 3.05) is 6.61 Å². The van der Waals surface area contributed by atoms with E-state index in [0.717, 1.165) is 6.42 Å². The van der Waals surface area contributed by atoms with Gasteiger partial charge in [-0.15, -0.1) is 0 Å². The molecule has 0 aromatic carbocycles. The summed E-state index contributed by atoms with van der Waals surface area (Å²) in [5.41, 5.74) is 0. The van der Waals surface area contributed by atoms with Crippen LogP contribution in [0.2, 0.25) is 0 Å².